The molecule has 0 heterocycles. The quantitative estimate of drug-likeness (QED) is 0.585. The van der Waals surface area contributed by atoms with Gasteiger partial charge in [-0.1, -0.05) is 17.7 Å². The van der Waals surface area contributed by atoms with Gasteiger partial charge < -0.3 is 5.32 Å². The van der Waals surface area contributed by atoms with Gasteiger partial charge in [0, 0.05) is 5.69 Å². The molecule has 1 amide bonds. The number of nitrogens with one attached hydrogen (secondary N) is 2. The van der Waals surface area contributed by atoms with Crippen molar-refractivity contribution in [3.05, 3.63) is 58.4 Å². The average Bonchev–Trinajstić information content (AvgIpc) is 3.41. The van der Waals surface area contributed by atoms with E-state index in [-0.39, 0.29) is 5.56 Å². The first-order valence-electron chi connectivity index (χ1n) is 8.30. The van der Waals surface area contributed by atoms with Crippen LogP contribution in [0.1, 0.15) is 34.3 Å². The summed E-state index contributed by atoms with van der Waals surface area (Å²) < 4.78 is 41.7. The van der Waals surface area contributed by atoms with E-state index in [1.165, 1.54) is 0 Å². The highest BCUT2D eigenvalue weighted by Gasteiger charge is 2.25. The van der Waals surface area contributed by atoms with Crippen LogP contribution in [0.4, 0.5) is 24.5 Å². The molecule has 1 aliphatic rings. The van der Waals surface area contributed by atoms with Gasteiger partial charge in [-0.25, -0.2) is 18.7 Å². The van der Waals surface area contributed by atoms with E-state index in [9.17, 15) is 18.0 Å². The van der Waals surface area contributed by atoms with Crippen LogP contribution in [-0.4, -0.2) is 12.5 Å². The smallest absolute Gasteiger partial charge is 0.277 e. The molecule has 0 unspecified atom stereocenters. The molecule has 1 fully saturated rings. The van der Waals surface area contributed by atoms with Gasteiger partial charge in [0.15, 0.2) is 17.5 Å². The lowest BCUT2D eigenvalue weighted by Gasteiger charge is -2.16. The first-order chi connectivity index (χ1) is 12.4. The van der Waals surface area contributed by atoms with Crippen molar-refractivity contribution >= 4 is 17.3 Å². The van der Waals surface area contributed by atoms with Crippen LogP contribution in [0.3, 0.4) is 0 Å². The molecule has 0 bridgehead atoms. The Morgan fingerprint density at radius 1 is 1.15 bits per heavy atom. The number of halogens is 3. The Kier molecular flexibility index (Phi) is 5.18. The van der Waals surface area contributed by atoms with Crippen LogP contribution < -0.4 is 10.8 Å². The van der Waals surface area contributed by atoms with Crippen LogP contribution in [0.2, 0.25) is 0 Å². The molecule has 0 saturated heterocycles. The molecule has 1 aliphatic carbocycles. The van der Waals surface area contributed by atoms with Gasteiger partial charge >= 0.3 is 0 Å². The van der Waals surface area contributed by atoms with Crippen molar-refractivity contribution in [2.75, 3.05) is 11.9 Å². The van der Waals surface area contributed by atoms with Gasteiger partial charge in [-0.15, -0.1) is 0 Å². The third kappa shape index (κ3) is 3.99. The molecule has 0 aliphatic heterocycles. The second-order valence-electron chi connectivity index (χ2n) is 6.54. The molecule has 3 rings (SSSR count). The lowest BCUT2D eigenvalue weighted by molar-refractivity contribution is 0.0270. The number of anilines is 2. The molecule has 2 aromatic rings. The zero-order valence-corrected chi connectivity index (χ0v) is 14.5. The predicted octanol–water partition coefficient (Wildman–Crippen LogP) is 4.54. The number of amides is 1. The summed E-state index contributed by atoms with van der Waals surface area (Å²) in [5.74, 6) is -5.01. The minimum absolute atomic E-state index is 0.331. The monoisotopic (exact) mass is 364 g/mol. The Balaban J connectivity index is 1.90. The fourth-order valence-electron chi connectivity index (χ4n) is 2.55. The first kappa shape index (κ1) is 18.3. The summed E-state index contributed by atoms with van der Waals surface area (Å²) in [5.41, 5.74) is 3.58. The van der Waals surface area contributed by atoms with E-state index in [1.54, 1.807) is 19.1 Å². The Morgan fingerprint density at radius 3 is 2.54 bits per heavy atom. The van der Waals surface area contributed by atoms with E-state index in [2.05, 4.69) is 10.8 Å². The van der Waals surface area contributed by atoms with Crippen LogP contribution in [-0.2, 0) is 4.84 Å². The van der Waals surface area contributed by atoms with Crippen molar-refractivity contribution in [3.8, 4) is 0 Å². The van der Waals surface area contributed by atoms with Gasteiger partial charge in [0.2, 0.25) is 0 Å². The van der Waals surface area contributed by atoms with Gasteiger partial charge in [0.25, 0.3) is 5.91 Å². The number of hydrogen-bond acceptors (Lipinski definition) is 3. The van der Waals surface area contributed by atoms with E-state index in [0.29, 0.717) is 24.3 Å². The summed E-state index contributed by atoms with van der Waals surface area (Å²) in [6.45, 7) is 4.01. The first-order valence-corrected chi connectivity index (χ1v) is 8.30. The average molecular weight is 364 g/mol. The lowest BCUT2D eigenvalue weighted by Crippen LogP contribution is -2.26. The minimum Gasteiger partial charge on any atom is -0.352 e. The van der Waals surface area contributed by atoms with Crippen LogP contribution >= 0.6 is 0 Å². The lowest BCUT2D eigenvalue weighted by atomic mass is 10.1. The highest BCUT2D eigenvalue weighted by Crippen LogP contribution is 2.31. The fraction of sp³-hybridized carbons (Fsp3) is 0.316. The zero-order chi connectivity index (χ0) is 18.8. The van der Waals surface area contributed by atoms with Crippen molar-refractivity contribution in [1.29, 1.82) is 0 Å². The molecule has 7 heteroatoms. The van der Waals surface area contributed by atoms with E-state index in [1.807, 2.05) is 13.0 Å². The van der Waals surface area contributed by atoms with Crippen LogP contribution in [0, 0.1) is 37.2 Å². The Labute approximate surface area is 149 Å². The number of carbonyl (C=O) groups excluding carboxylic acids is 1. The highest BCUT2D eigenvalue weighted by molar-refractivity contribution is 6.00. The second kappa shape index (κ2) is 7.37. The molecular weight excluding hydrogens is 345 g/mol. The maximum absolute atomic E-state index is 14.3. The van der Waals surface area contributed by atoms with Crippen LogP contribution in [0.5, 0.6) is 0 Å². The molecule has 2 N–H and O–H groups in total. The van der Waals surface area contributed by atoms with E-state index < -0.39 is 29.0 Å². The molecule has 4 nitrogen and oxygen atoms in total. The molecule has 0 radical (unpaired) electrons. The topological polar surface area (TPSA) is 50.4 Å². The normalized spacial score (nSPS) is 13.6. The van der Waals surface area contributed by atoms with E-state index in [0.717, 1.165) is 24.0 Å². The predicted molar refractivity (Wildman–Crippen MR) is 91.7 cm³/mol. The molecule has 26 heavy (non-hydrogen) atoms. The molecular formula is C19H19F3N2O2. The fourth-order valence-corrected chi connectivity index (χ4v) is 2.55. The van der Waals surface area contributed by atoms with Crippen LogP contribution in [0.15, 0.2) is 24.3 Å². The number of benzene rings is 2. The van der Waals surface area contributed by atoms with Crippen molar-refractivity contribution < 1.29 is 22.8 Å². The third-order valence-electron chi connectivity index (χ3n) is 4.23. The SMILES string of the molecule is Cc1ccc(Nc2c(C(=O)NOCC3CC3)cc(F)c(F)c2F)c(C)c1. The molecule has 138 valence electrons. The number of aryl methyl sites for hydroxylation is 2. The van der Waals surface area contributed by atoms with Gasteiger partial charge in [-0.2, -0.15) is 0 Å². The Bertz CT molecular complexity index is 851. The van der Waals surface area contributed by atoms with Gasteiger partial charge in [-0.05, 0) is 50.3 Å². The molecule has 0 spiro atoms. The molecule has 2 aromatic carbocycles. The van der Waals surface area contributed by atoms with Gasteiger partial charge in [0.05, 0.1) is 17.9 Å². The summed E-state index contributed by atoms with van der Waals surface area (Å²) in [7, 11) is 0. The maximum Gasteiger partial charge on any atom is 0.277 e. The Morgan fingerprint density at radius 2 is 1.88 bits per heavy atom. The summed E-state index contributed by atoms with van der Waals surface area (Å²) >= 11 is 0. The van der Waals surface area contributed by atoms with Crippen LogP contribution in [0.25, 0.3) is 0 Å². The van der Waals surface area contributed by atoms with Crippen molar-refractivity contribution in [3.63, 3.8) is 0 Å². The zero-order valence-electron chi connectivity index (χ0n) is 14.5. The third-order valence-corrected chi connectivity index (χ3v) is 4.23. The number of hydrogen-bond donors (Lipinski definition) is 2. The number of hydroxylamine groups is 1. The standard InChI is InChI=1S/C19H19F3N2O2/c1-10-3-6-15(11(2)7-10)23-18-13(8-14(20)16(21)17(18)22)19(25)24-26-9-12-4-5-12/h3,6-8,12,23H,4-5,9H2,1-2H3,(H,24,25). The van der Waals surface area contributed by atoms with E-state index in [4.69, 9.17) is 4.84 Å². The summed E-state index contributed by atoms with van der Waals surface area (Å²) in [5, 5.41) is 2.70. The van der Waals surface area contributed by atoms with Crippen molar-refractivity contribution in [2.45, 2.75) is 26.7 Å². The maximum atomic E-state index is 14.3. The largest absolute Gasteiger partial charge is 0.352 e. The van der Waals surface area contributed by atoms with Gasteiger partial charge in [0.1, 0.15) is 0 Å². The number of rotatable bonds is 6. The molecule has 0 aromatic heterocycles. The Hall–Kier alpha value is -2.54. The number of carbonyl (C=O) groups is 1. The second-order valence-corrected chi connectivity index (χ2v) is 6.54. The van der Waals surface area contributed by atoms with Gasteiger partial charge in [-0.3, -0.25) is 9.63 Å². The highest BCUT2D eigenvalue weighted by atomic mass is 19.2. The summed E-state index contributed by atoms with van der Waals surface area (Å²) in [6.07, 6.45) is 2.05. The minimum atomic E-state index is -1.65. The van der Waals surface area contributed by atoms with Crippen molar-refractivity contribution in [2.24, 2.45) is 5.92 Å². The molecule has 0 atom stereocenters. The summed E-state index contributed by atoms with van der Waals surface area (Å²) in [6, 6.07) is 5.96. The van der Waals surface area contributed by atoms with Crippen molar-refractivity contribution in [1.82, 2.24) is 5.48 Å². The molecule has 1 saturated carbocycles. The summed E-state index contributed by atoms with van der Waals surface area (Å²) in [4.78, 5) is 17.3. The van der Waals surface area contributed by atoms with E-state index >= 15 is 0 Å².